The number of nitrogens with zero attached hydrogens (tertiary/aromatic N) is 3. The van der Waals surface area contributed by atoms with Crippen LogP contribution in [0.15, 0.2) is 40.3 Å². The van der Waals surface area contributed by atoms with Crippen LogP contribution in [0.3, 0.4) is 0 Å². The molecule has 2 aliphatic heterocycles. The van der Waals surface area contributed by atoms with E-state index in [-0.39, 0.29) is 20.3 Å². The lowest BCUT2D eigenvalue weighted by molar-refractivity contribution is -0.384. The number of hydrogen-bond acceptors (Lipinski definition) is 5. The molecule has 102 valence electrons. The zero-order valence-corrected chi connectivity index (χ0v) is 12.1. The highest BCUT2D eigenvalue weighted by Crippen LogP contribution is 2.52. The first-order valence-corrected chi connectivity index (χ1v) is 8.92. The number of non-ortho nitro benzene ring substituents is 1. The molecule has 1 aromatic rings. The van der Waals surface area contributed by atoms with Crippen molar-refractivity contribution < 1.29 is 4.92 Å². The van der Waals surface area contributed by atoms with Crippen molar-refractivity contribution in [3.05, 3.63) is 45.4 Å². The monoisotopic (exact) mass is 305 g/mol. The van der Waals surface area contributed by atoms with Gasteiger partial charge in [0, 0.05) is 21.8 Å². The van der Waals surface area contributed by atoms with E-state index in [0.717, 1.165) is 18.5 Å². The third-order valence-electron chi connectivity index (χ3n) is 3.52. The number of hydrogen-bond donors (Lipinski definition) is 0. The number of hydrazone groups is 1. The smallest absolute Gasteiger partial charge is 0.258 e. The number of anilines is 1. The lowest BCUT2D eigenvalue weighted by Crippen LogP contribution is -2.17. The molecule has 1 aliphatic carbocycles. The molecule has 20 heavy (non-hydrogen) atoms. The Morgan fingerprint density at radius 2 is 2.10 bits per heavy atom. The summed E-state index contributed by atoms with van der Waals surface area (Å²) in [5.41, 5.74) is 3.68. The van der Waals surface area contributed by atoms with E-state index in [1.54, 1.807) is 24.3 Å². The van der Waals surface area contributed by atoms with Crippen molar-refractivity contribution >= 4 is 42.4 Å². The number of allylic oxidation sites excluding steroid dienone is 1. The lowest BCUT2D eigenvalue weighted by atomic mass is 9.94. The van der Waals surface area contributed by atoms with E-state index in [4.69, 9.17) is 5.10 Å². The quantitative estimate of drug-likeness (QED) is 0.360. The first-order valence-electron chi connectivity index (χ1n) is 6.34. The molecular formula is C13H11N3O2S2. The van der Waals surface area contributed by atoms with Crippen molar-refractivity contribution in [1.82, 2.24) is 0 Å². The number of rotatable bonds is 2. The molecule has 1 unspecified atom stereocenters. The Bertz CT molecular complexity index is 707. The molecule has 4 rings (SSSR count). The van der Waals surface area contributed by atoms with Crippen LogP contribution in [0.25, 0.3) is 0 Å². The van der Waals surface area contributed by atoms with Gasteiger partial charge in [-0.05, 0) is 53.2 Å². The average molecular weight is 305 g/mol. The average Bonchev–Trinajstić information content (AvgIpc) is 3.05. The molecule has 7 heteroatoms. The highest BCUT2D eigenvalue weighted by molar-refractivity contribution is 8.86. The Morgan fingerprint density at radius 3 is 2.85 bits per heavy atom. The van der Waals surface area contributed by atoms with Gasteiger partial charge < -0.3 is 0 Å². The number of nitro benzene ring substituents is 1. The van der Waals surface area contributed by atoms with Gasteiger partial charge in [-0.25, -0.2) is 4.41 Å². The molecule has 1 fully saturated rings. The molecule has 0 N–H and O–H groups in total. The highest BCUT2D eigenvalue weighted by Gasteiger charge is 2.34. The van der Waals surface area contributed by atoms with Crippen LogP contribution in [-0.4, -0.2) is 15.5 Å². The second-order valence-electron chi connectivity index (χ2n) is 4.76. The van der Waals surface area contributed by atoms with Gasteiger partial charge in [0.05, 0.1) is 21.2 Å². The maximum absolute atomic E-state index is 10.7. The number of nitro groups is 1. The Balaban J connectivity index is 1.72. The van der Waals surface area contributed by atoms with E-state index in [2.05, 4.69) is 5.41 Å². The Hall–Kier alpha value is -1.60. The summed E-state index contributed by atoms with van der Waals surface area (Å²) in [5, 5.41) is 17.7. The molecule has 0 spiro atoms. The lowest BCUT2D eigenvalue weighted by Gasteiger charge is -2.16. The minimum absolute atomic E-state index is 0.0823. The molecule has 0 bridgehead atoms. The van der Waals surface area contributed by atoms with E-state index in [9.17, 15) is 10.1 Å². The van der Waals surface area contributed by atoms with Gasteiger partial charge in [0.25, 0.3) is 5.69 Å². The maximum atomic E-state index is 10.7. The fourth-order valence-electron chi connectivity index (χ4n) is 2.56. The third-order valence-corrected chi connectivity index (χ3v) is 7.30. The SMILES string of the molecule is O=[N+]([O-])c1ccc(N2N=C3CCCC4=CSS2=C43)cc1. The second-order valence-corrected chi connectivity index (χ2v) is 7.97. The zero-order chi connectivity index (χ0) is 13.7. The van der Waals surface area contributed by atoms with Gasteiger partial charge in [0.15, 0.2) is 0 Å². The largest absolute Gasteiger partial charge is 0.269 e. The minimum Gasteiger partial charge on any atom is -0.258 e. The molecule has 5 nitrogen and oxygen atoms in total. The van der Waals surface area contributed by atoms with Crippen LogP contribution in [0.2, 0.25) is 0 Å². The van der Waals surface area contributed by atoms with Gasteiger partial charge in [-0.1, -0.05) is 0 Å². The Morgan fingerprint density at radius 1 is 1.30 bits per heavy atom. The standard InChI is InChI=1S/C13H11N3O2S2/c17-16(18)11-6-4-10(5-7-11)15-14-12-3-1-2-9-8-19-20(15)13(9)12/h4-8H,1-3H2. The van der Waals surface area contributed by atoms with Gasteiger partial charge in [-0.2, -0.15) is 5.10 Å². The summed E-state index contributed by atoms with van der Waals surface area (Å²) in [6.07, 6.45) is 3.36. The molecular weight excluding hydrogens is 294 g/mol. The third kappa shape index (κ3) is 1.73. The van der Waals surface area contributed by atoms with Crippen molar-refractivity contribution in [2.24, 2.45) is 5.10 Å². The summed E-state index contributed by atoms with van der Waals surface area (Å²) >= 11 is 0. The second kappa shape index (κ2) is 4.46. The molecule has 0 amide bonds. The molecule has 3 aliphatic rings. The number of benzene rings is 1. The van der Waals surface area contributed by atoms with Gasteiger partial charge in [0.1, 0.15) is 0 Å². The molecule has 0 saturated heterocycles. The summed E-state index contributed by atoms with van der Waals surface area (Å²) in [6.45, 7) is 0. The van der Waals surface area contributed by atoms with E-state index < -0.39 is 0 Å². The van der Waals surface area contributed by atoms with Crippen molar-refractivity contribution in [3.63, 3.8) is 0 Å². The maximum Gasteiger partial charge on any atom is 0.269 e. The predicted octanol–water partition coefficient (Wildman–Crippen LogP) is 3.86. The van der Waals surface area contributed by atoms with Crippen LogP contribution in [-0.2, 0) is 0 Å². The van der Waals surface area contributed by atoms with Crippen LogP contribution in [0.4, 0.5) is 11.4 Å². The summed E-state index contributed by atoms with van der Waals surface area (Å²) in [7, 11) is 1.73. The molecule has 0 radical (unpaired) electrons. The normalized spacial score (nSPS) is 23.5. The first kappa shape index (κ1) is 12.2. The predicted molar refractivity (Wildman–Crippen MR) is 85.1 cm³/mol. The van der Waals surface area contributed by atoms with Gasteiger partial charge >= 0.3 is 0 Å². The molecule has 0 aromatic heterocycles. The van der Waals surface area contributed by atoms with Crippen LogP contribution in [0.1, 0.15) is 19.3 Å². The molecule has 1 aromatic carbocycles. The summed E-state index contributed by atoms with van der Waals surface area (Å²) < 4.78 is 2.02. The highest BCUT2D eigenvalue weighted by atomic mass is 33.1. The first-order chi connectivity index (χ1) is 9.74. The summed E-state index contributed by atoms with van der Waals surface area (Å²) in [6, 6.07) is 6.65. The van der Waals surface area contributed by atoms with Crippen molar-refractivity contribution in [2.75, 3.05) is 4.41 Å². The van der Waals surface area contributed by atoms with E-state index in [0.29, 0.717) is 0 Å². The van der Waals surface area contributed by atoms with Crippen LogP contribution < -0.4 is 4.41 Å². The molecule has 2 heterocycles. The zero-order valence-electron chi connectivity index (χ0n) is 10.5. The van der Waals surface area contributed by atoms with Crippen molar-refractivity contribution in [2.45, 2.75) is 19.3 Å². The molecule has 1 atom stereocenters. The Kier molecular flexibility index (Phi) is 2.71. The van der Waals surface area contributed by atoms with Gasteiger partial charge in [0.2, 0.25) is 0 Å². The fraction of sp³-hybridized carbons (Fsp3) is 0.231. The minimum atomic E-state index is -0.375. The topological polar surface area (TPSA) is 58.7 Å². The van der Waals surface area contributed by atoms with Gasteiger partial charge in [-0.15, -0.1) is 0 Å². The van der Waals surface area contributed by atoms with Crippen molar-refractivity contribution in [3.8, 4) is 0 Å². The van der Waals surface area contributed by atoms with E-state index >= 15 is 0 Å². The molecule has 1 saturated carbocycles. The van der Waals surface area contributed by atoms with Gasteiger partial charge in [-0.3, -0.25) is 10.1 Å². The van der Waals surface area contributed by atoms with Crippen LogP contribution in [0, 0.1) is 10.1 Å². The summed E-state index contributed by atoms with van der Waals surface area (Å²) in [4.78, 5) is 11.7. The van der Waals surface area contributed by atoms with E-state index in [1.165, 1.54) is 22.6 Å². The van der Waals surface area contributed by atoms with Crippen LogP contribution in [0.5, 0.6) is 0 Å². The van der Waals surface area contributed by atoms with Crippen molar-refractivity contribution in [1.29, 1.82) is 0 Å². The Labute approximate surface area is 122 Å². The fourth-order valence-corrected chi connectivity index (χ4v) is 6.77. The van der Waals surface area contributed by atoms with E-state index in [1.807, 2.05) is 15.2 Å². The van der Waals surface area contributed by atoms with Crippen LogP contribution >= 0.6 is 20.5 Å². The summed E-state index contributed by atoms with van der Waals surface area (Å²) in [5.74, 6) is 0.